The van der Waals surface area contributed by atoms with Crippen molar-refractivity contribution in [2.45, 2.75) is 32.6 Å². The van der Waals surface area contributed by atoms with Gasteiger partial charge in [0.2, 0.25) is 5.91 Å². The Morgan fingerprint density at radius 2 is 1.47 bits per heavy atom. The van der Waals surface area contributed by atoms with E-state index in [1.807, 2.05) is 13.0 Å². The van der Waals surface area contributed by atoms with Crippen LogP contribution >= 0.6 is 24.8 Å². The minimum atomic E-state index is -0.206. The molecule has 30 heavy (non-hydrogen) atoms. The molecule has 1 saturated heterocycles. The van der Waals surface area contributed by atoms with Crippen LogP contribution in [0.15, 0.2) is 42.5 Å². The first-order valence-electron chi connectivity index (χ1n) is 9.81. The molecule has 3 rings (SSSR count). The maximum Gasteiger partial charge on any atom is 0.256 e. The van der Waals surface area contributed by atoms with E-state index in [1.165, 1.54) is 12.8 Å². The number of rotatable bonds is 5. The number of amides is 2. The first-order valence-corrected chi connectivity index (χ1v) is 9.81. The van der Waals surface area contributed by atoms with Crippen LogP contribution in [0.25, 0.3) is 0 Å². The summed E-state index contributed by atoms with van der Waals surface area (Å²) in [6.07, 6.45) is 4.82. The summed E-state index contributed by atoms with van der Waals surface area (Å²) in [5.41, 5.74) is 9.13. The Balaban J connectivity index is 0.00000225. The van der Waals surface area contributed by atoms with Crippen LogP contribution in [0.1, 0.15) is 41.6 Å². The van der Waals surface area contributed by atoms with E-state index in [9.17, 15) is 9.59 Å². The minimum Gasteiger partial charge on any atom is -0.399 e. The van der Waals surface area contributed by atoms with E-state index in [1.54, 1.807) is 36.4 Å². The van der Waals surface area contributed by atoms with Crippen molar-refractivity contribution in [3.8, 4) is 0 Å². The molecule has 2 aromatic carbocycles. The topological polar surface area (TPSA) is 87.5 Å². The van der Waals surface area contributed by atoms with Gasteiger partial charge in [0.1, 0.15) is 0 Å². The highest BCUT2D eigenvalue weighted by atomic mass is 35.5. The monoisotopic (exact) mass is 452 g/mol. The van der Waals surface area contributed by atoms with Gasteiger partial charge in [0.15, 0.2) is 0 Å². The maximum atomic E-state index is 12.5. The first-order chi connectivity index (χ1) is 13.5. The molecule has 1 aliphatic heterocycles. The summed E-state index contributed by atoms with van der Waals surface area (Å²) in [5, 5.41) is 5.79. The number of hydrogen-bond acceptors (Lipinski definition) is 4. The summed E-state index contributed by atoms with van der Waals surface area (Å²) in [7, 11) is 0. The van der Waals surface area contributed by atoms with E-state index in [0.29, 0.717) is 23.5 Å². The minimum absolute atomic E-state index is 0. The summed E-state index contributed by atoms with van der Waals surface area (Å²) in [5.74, 6) is -0.211. The van der Waals surface area contributed by atoms with Crippen molar-refractivity contribution in [2.24, 2.45) is 0 Å². The third kappa shape index (κ3) is 7.52. The van der Waals surface area contributed by atoms with Gasteiger partial charge in [-0.3, -0.25) is 14.5 Å². The lowest BCUT2D eigenvalue weighted by molar-refractivity contribution is -0.117. The van der Waals surface area contributed by atoms with Crippen molar-refractivity contribution in [1.82, 2.24) is 4.90 Å². The summed E-state index contributed by atoms with van der Waals surface area (Å²) < 4.78 is 0. The Kier molecular flexibility index (Phi) is 10.7. The van der Waals surface area contributed by atoms with Gasteiger partial charge in [-0.05, 0) is 74.8 Å². The molecular formula is C22H30Cl2N4O2. The smallest absolute Gasteiger partial charge is 0.256 e. The van der Waals surface area contributed by atoms with Gasteiger partial charge in [0.25, 0.3) is 5.91 Å². The highest BCUT2D eigenvalue weighted by molar-refractivity contribution is 6.06. The highest BCUT2D eigenvalue weighted by Gasteiger charge is 2.13. The summed E-state index contributed by atoms with van der Waals surface area (Å²) in [6.45, 7) is 4.27. The molecule has 0 atom stereocenters. The Bertz CT molecular complexity index is 836. The number of nitrogens with two attached hydrogens (primary N) is 1. The van der Waals surface area contributed by atoms with Crippen molar-refractivity contribution in [2.75, 3.05) is 36.0 Å². The van der Waals surface area contributed by atoms with Gasteiger partial charge < -0.3 is 16.4 Å². The van der Waals surface area contributed by atoms with Crippen LogP contribution < -0.4 is 16.4 Å². The lowest BCUT2D eigenvalue weighted by Crippen LogP contribution is -2.33. The van der Waals surface area contributed by atoms with E-state index < -0.39 is 0 Å². The molecule has 0 aliphatic carbocycles. The average molecular weight is 453 g/mol. The van der Waals surface area contributed by atoms with Gasteiger partial charge in [-0.15, -0.1) is 24.8 Å². The van der Waals surface area contributed by atoms with E-state index in [0.717, 1.165) is 37.2 Å². The fraction of sp³-hybridized carbons (Fsp3) is 0.364. The van der Waals surface area contributed by atoms with Crippen LogP contribution in [-0.4, -0.2) is 36.3 Å². The standard InChI is InChI=1S/C22H28N4O2.2ClH/c1-16-6-7-17(23)14-20(16)22(28)25-19-10-8-18(9-11-19)24-21(27)15-26-12-4-2-3-5-13-26;;/h6-11,14H,2-5,12-13,15,23H2,1H3,(H,24,27)(H,25,28);2*1H. The second-order valence-electron chi connectivity index (χ2n) is 7.34. The molecule has 2 amide bonds. The Morgan fingerprint density at radius 1 is 0.900 bits per heavy atom. The maximum absolute atomic E-state index is 12.5. The largest absolute Gasteiger partial charge is 0.399 e. The third-order valence-electron chi connectivity index (χ3n) is 5.00. The fourth-order valence-electron chi connectivity index (χ4n) is 3.42. The molecule has 8 heteroatoms. The molecule has 1 heterocycles. The third-order valence-corrected chi connectivity index (χ3v) is 5.00. The number of nitrogen functional groups attached to an aromatic ring is 1. The van der Waals surface area contributed by atoms with E-state index in [2.05, 4.69) is 15.5 Å². The molecule has 1 aliphatic rings. The molecule has 0 aromatic heterocycles. The van der Waals surface area contributed by atoms with Gasteiger partial charge in [-0.25, -0.2) is 0 Å². The van der Waals surface area contributed by atoms with Gasteiger partial charge in [-0.1, -0.05) is 18.9 Å². The Labute approximate surface area is 190 Å². The molecule has 2 aromatic rings. The van der Waals surface area contributed by atoms with Gasteiger partial charge >= 0.3 is 0 Å². The average Bonchev–Trinajstić information content (AvgIpc) is 2.94. The van der Waals surface area contributed by atoms with Crippen molar-refractivity contribution in [3.05, 3.63) is 53.6 Å². The second-order valence-corrected chi connectivity index (χ2v) is 7.34. The van der Waals surface area contributed by atoms with Gasteiger partial charge in [0, 0.05) is 22.6 Å². The molecule has 0 radical (unpaired) electrons. The summed E-state index contributed by atoms with van der Waals surface area (Å²) in [6, 6.07) is 12.4. The van der Waals surface area contributed by atoms with Crippen LogP contribution in [0.2, 0.25) is 0 Å². The summed E-state index contributed by atoms with van der Waals surface area (Å²) >= 11 is 0. The van der Waals surface area contributed by atoms with E-state index in [4.69, 9.17) is 5.73 Å². The predicted molar refractivity (Wildman–Crippen MR) is 128 cm³/mol. The number of carbonyl (C=O) groups is 2. The SMILES string of the molecule is Cc1ccc(N)cc1C(=O)Nc1ccc(NC(=O)CN2CCCCCC2)cc1.Cl.Cl. The number of aryl methyl sites for hydroxylation is 1. The molecule has 6 nitrogen and oxygen atoms in total. The molecule has 0 spiro atoms. The molecule has 0 unspecified atom stereocenters. The summed E-state index contributed by atoms with van der Waals surface area (Å²) in [4.78, 5) is 26.9. The zero-order valence-electron chi connectivity index (χ0n) is 17.1. The second kappa shape index (κ2) is 12.4. The predicted octanol–water partition coefficient (Wildman–Crippen LogP) is 4.49. The van der Waals surface area contributed by atoms with Crippen molar-refractivity contribution in [3.63, 3.8) is 0 Å². The number of hydrogen-bond donors (Lipinski definition) is 3. The molecular weight excluding hydrogens is 423 g/mol. The van der Waals surface area contributed by atoms with E-state index >= 15 is 0 Å². The first kappa shape index (κ1) is 25.8. The number of halogens is 2. The highest BCUT2D eigenvalue weighted by Crippen LogP contribution is 2.18. The van der Waals surface area contributed by atoms with Gasteiger partial charge in [-0.2, -0.15) is 0 Å². The van der Waals surface area contributed by atoms with Crippen molar-refractivity contribution >= 4 is 53.7 Å². The van der Waals surface area contributed by atoms with Crippen LogP contribution in [-0.2, 0) is 4.79 Å². The number of nitrogens with zero attached hydrogens (tertiary/aromatic N) is 1. The molecule has 0 saturated carbocycles. The molecule has 1 fully saturated rings. The molecule has 4 N–H and O–H groups in total. The fourth-order valence-corrected chi connectivity index (χ4v) is 3.42. The van der Waals surface area contributed by atoms with Crippen LogP contribution in [0.5, 0.6) is 0 Å². The molecule has 0 bridgehead atoms. The lowest BCUT2D eigenvalue weighted by Gasteiger charge is -2.19. The van der Waals surface area contributed by atoms with Crippen molar-refractivity contribution < 1.29 is 9.59 Å². The normalized spacial score (nSPS) is 13.9. The quantitative estimate of drug-likeness (QED) is 0.583. The Hall–Kier alpha value is -2.28. The Morgan fingerprint density at radius 3 is 2.07 bits per heavy atom. The zero-order chi connectivity index (χ0) is 19.9. The molecule has 164 valence electrons. The van der Waals surface area contributed by atoms with Crippen molar-refractivity contribution in [1.29, 1.82) is 0 Å². The zero-order valence-corrected chi connectivity index (χ0v) is 18.8. The lowest BCUT2D eigenvalue weighted by atomic mass is 10.1. The number of likely N-dealkylation sites (tertiary alicyclic amines) is 1. The van der Waals surface area contributed by atoms with Crippen LogP contribution in [0.4, 0.5) is 17.1 Å². The number of carbonyl (C=O) groups excluding carboxylic acids is 2. The van der Waals surface area contributed by atoms with Crippen LogP contribution in [0.3, 0.4) is 0 Å². The van der Waals surface area contributed by atoms with Gasteiger partial charge in [0.05, 0.1) is 6.54 Å². The number of anilines is 3. The number of benzene rings is 2. The number of nitrogens with one attached hydrogen (secondary N) is 2. The van der Waals surface area contributed by atoms with E-state index in [-0.39, 0.29) is 36.6 Å². The van der Waals surface area contributed by atoms with Crippen LogP contribution in [0, 0.1) is 6.92 Å².